The van der Waals surface area contributed by atoms with Crippen LogP contribution >= 0.6 is 0 Å². The number of aliphatic hydroxyl groups is 1. The minimum absolute atomic E-state index is 0.00335. The summed E-state index contributed by atoms with van der Waals surface area (Å²) in [6, 6.07) is 1.92. The lowest BCUT2D eigenvalue weighted by Gasteiger charge is -2.60. The van der Waals surface area contributed by atoms with Gasteiger partial charge >= 0.3 is 0 Å². The van der Waals surface area contributed by atoms with Crippen LogP contribution < -0.4 is 5.84 Å². The Morgan fingerprint density at radius 1 is 1.22 bits per heavy atom. The molecule has 0 aromatic heterocycles. The van der Waals surface area contributed by atoms with Crippen LogP contribution in [0.1, 0.15) is 57.8 Å². The Hall–Kier alpha value is -0.960. The van der Waals surface area contributed by atoms with E-state index < -0.39 is 11.1 Å². The van der Waals surface area contributed by atoms with Crippen molar-refractivity contribution in [2.75, 3.05) is 0 Å². The molecule has 5 nitrogen and oxygen atoms in total. The number of ketones is 1. The number of hydrogen-bond acceptors (Lipinski definition) is 5. The number of nitrogens with two attached hydrogens (primary N) is 1. The fourth-order valence-corrected chi connectivity index (χ4v) is 7.28. The summed E-state index contributed by atoms with van der Waals surface area (Å²) in [6.45, 7) is 0. The van der Waals surface area contributed by atoms with Crippen LogP contribution in [-0.4, -0.2) is 33.1 Å². The summed E-state index contributed by atoms with van der Waals surface area (Å²) in [7, 11) is 0. The standard InChI is InChI=1S/C18H25N3O2/c19-9-14-2-13-7-18(13,21(14)20)15(22)8-16-3-11-1-12(4-16)6-17(23,5-11)10-16/h11-14,23H,1-8,10,20H2/t11-,12-,13-,14?,16?,17?,18-/m0/s1. The van der Waals surface area contributed by atoms with Gasteiger partial charge in [-0.05, 0) is 74.5 Å². The maximum absolute atomic E-state index is 13.2. The lowest BCUT2D eigenvalue weighted by molar-refractivity contribution is -0.170. The van der Waals surface area contributed by atoms with Gasteiger partial charge in [0.25, 0.3) is 0 Å². The van der Waals surface area contributed by atoms with Gasteiger partial charge in [0.05, 0.1) is 17.2 Å². The van der Waals surface area contributed by atoms with Crippen molar-refractivity contribution in [1.29, 1.82) is 5.26 Å². The zero-order valence-electron chi connectivity index (χ0n) is 13.5. The molecule has 0 radical (unpaired) electrons. The highest BCUT2D eigenvalue weighted by atomic mass is 16.3. The van der Waals surface area contributed by atoms with Crippen molar-refractivity contribution in [3.8, 4) is 6.07 Å². The second-order valence-corrected chi connectivity index (χ2v) is 9.40. The van der Waals surface area contributed by atoms with Crippen LogP contribution in [0.25, 0.3) is 0 Å². The Labute approximate surface area is 136 Å². The number of Topliss-reactive ketones (excluding diaryl/α,β-unsaturated/α-hetero) is 1. The average molecular weight is 315 g/mol. The topological polar surface area (TPSA) is 90.3 Å². The molecular weight excluding hydrogens is 290 g/mol. The van der Waals surface area contributed by atoms with E-state index in [4.69, 9.17) is 5.84 Å². The molecule has 4 bridgehead atoms. The summed E-state index contributed by atoms with van der Waals surface area (Å²) in [4.78, 5) is 13.2. The summed E-state index contributed by atoms with van der Waals surface area (Å²) < 4.78 is 0. The quantitative estimate of drug-likeness (QED) is 0.770. The summed E-state index contributed by atoms with van der Waals surface area (Å²) in [5.74, 6) is 7.87. The predicted molar refractivity (Wildman–Crippen MR) is 82.6 cm³/mol. The number of carbonyl (C=O) groups is 1. The van der Waals surface area contributed by atoms with E-state index in [-0.39, 0.29) is 23.2 Å². The highest BCUT2D eigenvalue weighted by Gasteiger charge is 2.70. The zero-order valence-corrected chi connectivity index (χ0v) is 13.5. The average Bonchev–Trinajstić information content (AvgIpc) is 3.09. The monoisotopic (exact) mass is 315 g/mol. The molecule has 23 heavy (non-hydrogen) atoms. The van der Waals surface area contributed by atoms with Gasteiger partial charge in [0, 0.05) is 6.42 Å². The Bertz CT molecular complexity index is 612. The third-order valence-electron chi connectivity index (χ3n) is 7.70. The van der Waals surface area contributed by atoms with Gasteiger partial charge in [0.2, 0.25) is 0 Å². The van der Waals surface area contributed by atoms with Gasteiger partial charge in [-0.15, -0.1) is 0 Å². The molecule has 6 fully saturated rings. The Morgan fingerprint density at radius 2 is 1.91 bits per heavy atom. The molecule has 1 heterocycles. The van der Waals surface area contributed by atoms with Gasteiger partial charge in [0.1, 0.15) is 6.04 Å². The van der Waals surface area contributed by atoms with Crippen molar-refractivity contribution in [2.24, 2.45) is 29.0 Å². The van der Waals surface area contributed by atoms with Crippen LogP contribution in [0.4, 0.5) is 0 Å². The number of fused-ring (bicyclic) bond motifs is 1. The van der Waals surface area contributed by atoms with Gasteiger partial charge < -0.3 is 5.11 Å². The smallest absolute Gasteiger partial charge is 0.155 e. The predicted octanol–water partition coefficient (Wildman–Crippen LogP) is 1.51. The maximum Gasteiger partial charge on any atom is 0.155 e. The van der Waals surface area contributed by atoms with Crippen LogP contribution in [0.15, 0.2) is 0 Å². The SMILES string of the molecule is N#CC1C[C@H]2C[C@]2(C(=O)CC23C[C@@H]4C[C@H](CC(O)(C4)C2)C3)N1N. The van der Waals surface area contributed by atoms with Crippen LogP contribution in [0.3, 0.4) is 0 Å². The molecular formula is C18H25N3O2. The third-order valence-corrected chi connectivity index (χ3v) is 7.70. The number of hydrogen-bond donors (Lipinski definition) is 2. The zero-order chi connectivity index (χ0) is 16.0. The van der Waals surface area contributed by atoms with Gasteiger partial charge in [0.15, 0.2) is 5.78 Å². The molecule has 1 saturated heterocycles. The van der Waals surface area contributed by atoms with Gasteiger partial charge in [-0.3, -0.25) is 10.6 Å². The summed E-state index contributed by atoms with van der Waals surface area (Å²) in [5.41, 5.74) is -1.06. The highest BCUT2D eigenvalue weighted by molar-refractivity contribution is 5.93. The number of hydrazine groups is 1. The van der Waals surface area contributed by atoms with Crippen LogP contribution in [-0.2, 0) is 4.79 Å². The molecule has 6 rings (SSSR count). The first kappa shape index (κ1) is 14.4. The van der Waals surface area contributed by atoms with Crippen molar-refractivity contribution in [2.45, 2.75) is 75.0 Å². The summed E-state index contributed by atoms with van der Waals surface area (Å²) >= 11 is 0. The molecule has 124 valence electrons. The van der Waals surface area contributed by atoms with Crippen molar-refractivity contribution >= 4 is 5.78 Å². The van der Waals surface area contributed by atoms with E-state index in [1.807, 2.05) is 0 Å². The molecule has 0 spiro atoms. The van der Waals surface area contributed by atoms with Crippen LogP contribution in [0.2, 0.25) is 0 Å². The normalized spacial score (nSPS) is 56.4. The number of nitriles is 1. The molecule has 5 atom stereocenters. The first-order valence-corrected chi connectivity index (χ1v) is 9.07. The summed E-state index contributed by atoms with van der Waals surface area (Å²) in [6.07, 6.45) is 8.24. The molecule has 0 amide bonds. The van der Waals surface area contributed by atoms with Gasteiger partial charge in [-0.25, -0.2) is 5.01 Å². The first-order valence-electron chi connectivity index (χ1n) is 9.07. The molecule has 3 N–H and O–H groups in total. The van der Waals surface area contributed by atoms with Crippen molar-refractivity contribution in [3.05, 3.63) is 0 Å². The third kappa shape index (κ3) is 1.80. The highest BCUT2D eigenvalue weighted by Crippen LogP contribution is 2.65. The second kappa shape index (κ2) is 4.17. The van der Waals surface area contributed by atoms with Gasteiger partial charge in [-0.1, -0.05) is 0 Å². The molecule has 5 aliphatic carbocycles. The Kier molecular flexibility index (Phi) is 2.61. The van der Waals surface area contributed by atoms with E-state index in [0.717, 1.165) is 44.9 Å². The molecule has 1 unspecified atom stereocenters. The van der Waals surface area contributed by atoms with Crippen LogP contribution in [0, 0.1) is 34.5 Å². The number of nitrogens with zero attached hydrogens (tertiary/aromatic N) is 2. The molecule has 0 aromatic rings. The van der Waals surface area contributed by atoms with Crippen molar-refractivity contribution in [3.63, 3.8) is 0 Å². The van der Waals surface area contributed by atoms with E-state index in [1.54, 1.807) is 5.01 Å². The minimum atomic E-state index is -0.549. The molecule has 5 heteroatoms. The summed E-state index contributed by atoms with van der Waals surface area (Å²) in [5, 5.41) is 21.6. The van der Waals surface area contributed by atoms with E-state index in [9.17, 15) is 15.2 Å². The molecule has 6 aliphatic rings. The fourth-order valence-electron chi connectivity index (χ4n) is 7.28. The fraction of sp³-hybridized carbons (Fsp3) is 0.889. The second-order valence-electron chi connectivity index (χ2n) is 9.40. The van der Waals surface area contributed by atoms with E-state index in [1.165, 1.54) is 6.42 Å². The molecule has 1 aliphatic heterocycles. The Balaban J connectivity index is 1.39. The maximum atomic E-state index is 13.2. The lowest BCUT2D eigenvalue weighted by Crippen LogP contribution is -2.57. The largest absolute Gasteiger partial charge is 0.390 e. The number of piperidine rings is 1. The van der Waals surface area contributed by atoms with Crippen LogP contribution in [0.5, 0.6) is 0 Å². The molecule has 5 saturated carbocycles. The lowest BCUT2D eigenvalue weighted by atomic mass is 9.47. The van der Waals surface area contributed by atoms with Crippen molar-refractivity contribution in [1.82, 2.24) is 5.01 Å². The van der Waals surface area contributed by atoms with E-state index >= 15 is 0 Å². The van der Waals surface area contributed by atoms with E-state index in [0.29, 0.717) is 18.3 Å². The minimum Gasteiger partial charge on any atom is -0.390 e. The number of carbonyl (C=O) groups excluding carboxylic acids is 1. The molecule has 0 aromatic carbocycles. The Morgan fingerprint density at radius 3 is 2.48 bits per heavy atom. The van der Waals surface area contributed by atoms with Crippen molar-refractivity contribution < 1.29 is 9.90 Å². The van der Waals surface area contributed by atoms with Gasteiger partial charge in [-0.2, -0.15) is 5.26 Å². The number of rotatable bonds is 3. The first-order chi connectivity index (χ1) is 10.9. The van der Waals surface area contributed by atoms with E-state index in [2.05, 4.69) is 6.07 Å².